The van der Waals surface area contributed by atoms with Gasteiger partial charge in [-0.3, -0.25) is 0 Å². The van der Waals surface area contributed by atoms with Gasteiger partial charge in [0.1, 0.15) is 5.15 Å². The summed E-state index contributed by atoms with van der Waals surface area (Å²) in [5.41, 5.74) is 0.757. The SMILES string of the molecule is Cn1cc(F)c2c(Cl)nccc21. The van der Waals surface area contributed by atoms with E-state index in [1.54, 1.807) is 23.9 Å². The maximum atomic E-state index is 13.1. The Kier molecular flexibility index (Phi) is 1.54. The van der Waals surface area contributed by atoms with Gasteiger partial charge in [0.05, 0.1) is 10.9 Å². The number of pyridine rings is 1. The Hall–Kier alpha value is -1.09. The fourth-order valence-corrected chi connectivity index (χ4v) is 1.49. The van der Waals surface area contributed by atoms with Crippen molar-refractivity contribution >= 4 is 22.5 Å². The Balaban J connectivity index is 2.99. The molecule has 0 amide bonds. The van der Waals surface area contributed by atoms with E-state index in [-0.39, 0.29) is 11.0 Å². The van der Waals surface area contributed by atoms with Gasteiger partial charge in [0, 0.05) is 19.4 Å². The molecule has 2 heterocycles. The van der Waals surface area contributed by atoms with Crippen LogP contribution in [0.15, 0.2) is 18.5 Å². The molecule has 0 unspecified atom stereocenters. The number of nitrogens with zero attached hydrogens (tertiary/aromatic N) is 2. The molecular formula is C8H6ClFN2. The van der Waals surface area contributed by atoms with Crippen molar-refractivity contribution in [3.05, 3.63) is 29.4 Å². The highest BCUT2D eigenvalue weighted by molar-refractivity contribution is 6.34. The summed E-state index contributed by atoms with van der Waals surface area (Å²) < 4.78 is 14.8. The van der Waals surface area contributed by atoms with Crippen LogP contribution in [0.25, 0.3) is 10.9 Å². The number of hydrogen-bond donors (Lipinski definition) is 0. The van der Waals surface area contributed by atoms with Gasteiger partial charge >= 0.3 is 0 Å². The second-order valence-corrected chi connectivity index (χ2v) is 2.94. The van der Waals surface area contributed by atoms with Crippen molar-refractivity contribution in [1.82, 2.24) is 9.55 Å². The van der Waals surface area contributed by atoms with Gasteiger partial charge in [0.2, 0.25) is 0 Å². The van der Waals surface area contributed by atoms with E-state index in [2.05, 4.69) is 4.98 Å². The molecule has 0 radical (unpaired) electrons. The minimum atomic E-state index is -0.328. The lowest BCUT2D eigenvalue weighted by Crippen LogP contribution is -1.83. The van der Waals surface area contributed by atoms with Crippen molar-refractivity contribution in [2.45, 2.75) is 0 Å². The quantitative estimate of drug-likeness (QED) is 0.575. The Morgan fingerprint density at radius 2 is 2.33 bits per heavy atom. The maximum absolute atomic E-state index is 13.1. The summed E-state index contributed by atoms with van der Waals surface area (Å²) >= 11 is 5.71. The zero-order valence-electron chi connectivity index (χ0n) is 6.38. The van der Waals surface area contributed by atoms with Crippen LogP contribution in [0.1, 0.15) is 0 Å². The highest BCUT2D eigenvalue weighted by Crippen LogP contribution is 2.24. The van der Waals surface area contributed by atoms with Gasteiger partial charge < -0.3 is 4.57 Å². The predicted octanol–water partition coefficient (Wildman–Crippen LogP) is 2.37. The smallest absolute Gasteiger partial charge is 0.151 e. The number of rotatable bonds is 0. The van der Waals surface area contributed by atoms with Gasteiger partial charge in [-0.15, -0.1) is 0 Å². The molecule has 12 heavy (non-hydrogen) atoms. The third-order valence-electron chi connectivity index (χ3n) is 1.81. The Labute approximate surface area is 73.6 Å². The first-order valence-electron chi connectivity index (χ1n) is 3.45. The van der Waals surface area contributed by atoms with E-state index in [4.69, 9.17) is 11.6 Å². The standard InChI is InChI=1S/C8H6ClFN2/c1-12-4-5(10)7-6(12)2-3-11-8(7)9/h2-4H,1H3. The normalized spacial score (nSPS) is 10.9. The van der Waals surface area contributed by atoms with E-state index in [1.807, 2.05) is 0 Å². The Bertz CT molecular complexity index is 436. The second-order valence-electron chi connectivity index (χ2n) is 2.58. The minimum Gasteiger partial charge on any atom is -0.347 e. The zero-order chi connectivity index (χ0) is 8.72. The van der Waals surface area contributed by atoms with Gasteiger partial charge in [-0.1, -0.05) is 11.6 Å². The van der Waals surface area contributed by atoms with Crippen molar-refractivity contribution in [3.8, 4) is 0 Å². The van der Waals surface area contributed by atoms with Crippen LogP contribution in [0.5, 0.6) is 0 Å². The van der Waals surface area contributed by atoms with E-state index >= 15 is 0 Å². The van der Waals surface area contributed by atoms with Crippen LogP contribution in [-0.4, -0.2) is 9.55 Å². The van der Waals surface area contributed by atoms with Crippen molar-refractivity contribution < 1.29 is 4.39 Å². The molecule has 0 N–H and O–H groups in total. The van der Waals surface area contributed by atoms with Gasteiger partial charge in [0.25, 0.3) is 0 Å². The number of aryl methyl sites for hydroxylation is 1. The molecule has 0 bridgehead atoms. The van der Waals surface area contributed by atoms with Crippen molar-refractivity contribution in [1.29, 1.82) is 0 Å². The fraction of sp³-hybridized carbons (Fsp3) is 0.125. The van der Waals surface area contributed by atoms with E-state index < -0.39 is 0 Å². The van der Waals surface area contributed by atoms with Crippen molar-refractivity contribution in [3.63, 3.8) is 0 Å². The molecule has 0 aliphatic rings. The maximum Gasteiger partial charge on any atom is 0.151 e. The molecule has 4 heteroatoms. The third-order valence-corrected chi connectivity index (χ3v) is 2.10. The van der Waals surface area contributed by atoms with Crippen LogP contribution < -0.4 is 0 Å². The average Bonchev–Trinajstić information content (AvgIpc) is 2.29. The summed E-state index contributed by atoms with van der Waals surface area (Å²) in [6.07, 6.45) is 2.95. The Morgan fingerprint density at radius 1 is 1.58 bits per heavy atom. The summed E-state index contributed by atoms with van der Waals surface area (Å²) in [7, 11) is 1.77. The Morgan fingerprint density at radius 3 is 3.00 bits per heavy atom. The van der Waals surface area contributed by atoms with Crippen LogP contribution in [0.3, 0.4) is 0 Å². The highest BCUT2D eigenvalue weighted by Gasteiger charge is 2.09. The molecule has 0 spiro atoms. The molecule has 0 aliphatic carbocycles. The molecule has 0 aromatic carbocycles. The molecule has 0 atom stereocenters. The molecule has 2 nitrogen and oxygen atoms in total. The van der Waals surface area contributed by atoms with E-state index in [0.717, 1.165) is 5.52 Å². The lowest BCUT2D eigenvalue weighted by molar-refractivity contribution is 0.633. The lowest BCUT2D eigenvalue weighted by Gasteiger charge is -1.94. The van der Waals surface area contributed by atoms with Crippen LogP contribution in [0.4, 0.5) is 4.39 Å². The molecule has 0 saturated carbocycles. The molecule has 62 valence electrons. The number of fused-ring (bicyclic) bond motifs is 1. The molecule has 2 aromatic heterocycles. The van der Waals surface area contributed by atoms with Gasteiger partial charge in [-0.25, -0.2) is 9.37 Å². The van der Waals surface area contributed by atoms with E-state index in [9.17, 15) is 4.39 Å². The minimum absolute atomic E-state index is 0.214. The predicted molar refractivity (Wildman–Crippen MR) is 45.7 cm³/mol. The molecule has 0 aliphatic heterocycles. The lowest BCUT2D eigenvalue weighted by atomic mass is 10.3. The van der Waals surface area contributed by atoms with Gasteiger partial charge in [0.15, 0.2) is 5.82 Å². The zero-order valence-corrected chi connectivity index (χ0v) is 7.14. The summed E-state index contributed by atoms with van der Waals surface area (Å²) in [5, 5.41) is 0.604. The first-order chi connectivity index (χ1) is 5.70. The van der Waals surface area contributed by atoms with Gasteiger partial charge in [-0.05, 0) is 6.07 Å². The first-order valence-corrected chi connectivity index (χ1v) is 3.83. The van der Waals surface area contributed by atoms with Crippen LogP contribution in [0, 0.1) is 5.82 Å². The molecule has 2 rings (SSSR count). The van der Waals surface area contributed by atoms with Crippen LogP contribution in [0.2, 0.25) is 5.15 Å². The summed E-state index contributed by atoms with van der Waals surface area (Å²) in [5.74, 6) is -0.328. The largest absolute Gasteiger partial charge is 0.347 e. The summed E-state index contributed by atoms with van der Waals surface area (Å²) in [4.78, 5) is 3.79. The summed E-state index contributed by atoms with van der Waals surface area (Å²) in [6.45, 7) is 0. The second kappa shape index (κ2) is 2.45. The topological polar surface area (TPSA) is 17.8 Å². The van der Waals surface area contributed by atoms with E-state index in [0.29, 0.717) is 5.39 Å². The third kappa shape index (κ3) is 0.898. The number of aromatic nitrogens is 2. The van der Waals surface area contributed by atoms with Crippen molar-refractivity contribution in [2.75, 3.05) is 0 Å². The number of halogens is 2. The van der Waals surface area contributed by atoms with Crippen LogP contribution >= 0.6 is 11.6 Å². The first kappa shape index (κ1) is 7.55. The molecule has 0 fully saturated rings. The van der Waals surface area contributed by atoms with Crippen molar-refractivity contribution in [2.24, 2.45) is 7.05 Å². The van der Waals surface area contributed by atoms with Gasteiger partial charge in [-0.2, -0.15) is 0 Å². The highest BCUT2D eigenvalue weighted by atomic mass is 35.5. The summed E-state index contributed by atoms with van der Waals surface area (Å²) in [6, 6.07) is 1.73. The van der Waals surface area contributed by atoms with E-state index in [1.165, 1.54) is 6.20 Å². The fourth-order valence-electron chi connectivity index (χ4n) is 1.25. The molecule has 2 aromatic rings. The average molecular weight is 185 g/mol. The molecular weight excluding hydrogens is 179 g/mol. The monoisotopic (exact) mass is 184 g/mol. The van der Waals surface area contributed by atoms with Crippen LogP contribution in [-0.2, 0) is 7.05 Å². The molecule has 0 saturated heterocycles. The number of hydrogen-bond acceptors (Lipinski definition) is 1.